The first kappa shape index (κ1) is 25.3. The Labute approximate surface area is 200 Å². The summed E-state index contributed by atoms with van der Waals surface area (Å²) in [5.41, 5.74) is 4.36. The predicted molar refractivity (Wildman–Crippen MR) is 127 cm³/mol. The van der Waals surface area contributed by atoms with E-state index in [1.807, 2.05) is 31.9 Å². The Morgan fingerprint density at radius 3 is 2.50 bits per heavy atom. The molecule has 1 aliphatic heterocycles. The van der Waals surface area contributed by atoms with Crippen LogP contribution in [-0.2, 0) is 22.6 Å². The fourth-order valence-electron chi connectivity index (χ4n) is 4.30. The molecule has 184 valence electrons. The zero-order chi connectivity index (χ0) is 24.9. The number of piperidine rings is 1. The summed E-state index contributed by atoms with van der Waals surface area (Å²) >= 11 is 0. The summed E-state index contributed by atoms with van der Waals surface area (Å²) in [5.74, 6) is 0. The van der Waals surface area contributed by atoms with Gasteiger partial charge in [0.1, 0.15) is 5.60 Å². The van der Waals surface area contributed by atoms with Gasteiger partial charge in [0.15, 0.2) is 11.0 Å². The van der Waals surface area contributed by atoms with Gasteiger partial charge in [0.05, 0.1) is 25.3 Å². The van der Waals surface area contributed by atoms with E-state index >= 15 is 0 Å². The van der Waals surface area contributed by atoms with Crippen LogP contribution in [0.3, 0.4) is 0 Å². The molecule has 34 heavy (non-hydrogen) atoms. The van der Waals surface area contributed by atoms with Crippen LogP contribution in [0.25, 0.3) is 22.2 Å². The topological polar surface area (TPSA) is 96.3 Å². The largest absolute Gasteiger partial charge is 0.554 e. The lowest BCUT2D eigenvalue weighted by molar-refractivity contribution is -0.668. The first-order valence-corrected chi connectivity index (χ1v) is 11.8. The normalized spacial score (nSPS) is 14.6. The summed E-state index contributed by atoms with van der Waals surface area (Å²) in [6, 6.07) is 6.95. The molecule has 0 bridgehead atoms. The molecule has 9 nitrogen and oxygen atoms in total. The third-order valence-corrected chi connectivity index (χ3v) is 5.98. The van der Waals surface area contributed by atoms with Gasteiger partial charge in [-0.15, -0.1) is 0 Å². The molecule has 0 saturated carbocycles. The fourth-order valence-corrected chi connectivity index (χ4v) is 4.30. The van der Waals surface area contributed by atoms with Crippen molar-refractivity contribution in [3.63, 3.8) is 0 Å². The van der Waals surface area contributed by atoms with Crippen molar-refractivity contribution in [3.8, 4) is 11.1 Å². The monoisotopic (exact) mass is 469 g/mol. The number of nitrogens with zero attached hydrogens (tertiary/aromatic N) is 5. The van der Waals surface area contributed by atoms with Crippen LogP contribution in [0.1, 0.15) is 53.5 Å². The van der Waals surface area contributed by atoms with Crippen LogP contribution in [0, 0.1) is 0 Å². The van der Waals surface area contributed by atoms with Crippen LogP contribution in [0.15, 0.2) is 36.9 Å². The molecule has 0 aliphatic carbocycles. The van der Waals surface area contributed by atoms with Gasteiger partial charge >= 0.3 is 6.09 Å². The molecule has 0 atom stereocenters. The minimum Gasteiger partial charge on any atom is -0.554 e. The van der Waals surface area contributed by atoms with Crippen molar-refractivity contribution in [3.05, 3.63) is 36.9 Å². The Hall–Kier alpha value is -3.36. The third-order valence-electron chi connectivity index (χ3n) is 5.98. The van der Waals surface area contributed by atoms with E-state index in [0.29, 0.717) is 19.1 Å². The number of carbonyl (C=O) groups is 2. The highest BCUT2D eigenvalue weighted by molar-refractivity contribution is 5.79. The summed E-state index contributed by atoms with van der Waals surface area (Å²) < 4.78 is 12.1. The van der Waals surface area contributed by atoms with Crippen LogP contribution >= 0.6 is 0 Å². The van der Waals surface area contributed by atoms with E-state index in [9.17, 15) is 4.79 Å². The van der Waals surface area contributed by atoms with Gasteiger partial charge < -0.3 is 19.5 Å². The summed E-state index contributed by atoms with van der Waals surface area (Å²) in [6.45, 7) is 12.9. The molecule has 0 unspecified atom stereocenters. The lowest BCUT2D eigenvalue weighted by Gasteiger charge is -2.33. The minimum atomic E-state index is -0.500. The van der Waals surface area contributed by atoms with E-state index in [0.717, 1.165) is 31.5 Å². The predicted octanol–water partition coefficient (Wildman–Crippen LogP) is 2.77. The Kier molecular flexibility index (Phi) is 7.96. The maximum Gasteiger partial charge on any atom is 0.410 e. The molecule has 1 aromatic carbocycles. The van der Waals surface area contributed by atoms with Crippen molar-refractivity contribution < 1.29 is 24.0 Å². The first-order chi connectivity index (χ1) is 16.2. The van der Waals surface area contributed by atoms with Crippen molar-refractivity contribution in [1.82, 2.24) is 19.2 Å². The highest BCUT2D eigenvalue weighted by Crippen LogP contribution is 2.28. The number of aromatic nitrogens is 4. The standard InChI is InChI=1S/C24H34N5O2.CH2O2/c1-6-26-17-27(7-2)22-14-18(8-9-21(22)26)19-15-25-29(16-19)20-10-12-28(13-11-20)23(30)31-24(3,4)5;2-1-3/h8-9,14-17,20H,6-7,10-13H2,1-5H3;1H,(H,2,3)/q+1;/p-1. The number of ether oxygens (including phenoxy) is 1. The molecular weight excluding hydrogens is 434 g/mol. The second-order valence-corrected chi connectivity index (χ2v) is 9.39. The Morgan fingerprint density at radius 1 is 1.24 bits per heavy atom. The SMILES string of the molecule is CCn1c[n+](CC)c2ccc(-c3cnn(C4CCN(C(=O)OC(C)(C)C)CC4)c3)cc21.O=C[O-]. The van der Waals surface area contributed by atoms with Crippen molar-refractivity contribution in [2.45, 2.75) is 72.2 Å². The molecule has 1 amide bonds. The molecule has 0 N–H and O–H groups in total. The number of hydrogen-bond donors (Lipinski definition) is 0. The van der Waals surface area contributed by atoms with Crippen LogP contribution in [0.2, 0.25) is 0 Å². The summed E-state index contributed by atoms with van der Waals surface area (Å²) in [6.07, 6.45) is 7.83. The van der Waals surface area contributed by atoms with Crippen molar-refractivity contribution in [2.24, 2.45) is 0 Å². The van der Waals surface area contributed by atoms with Crippen LogP contribution < -0.4 is 9.67 Å². The number of rotatable bonds is 4. The van der Waals surface area contributed by atoms with Crippen LogP contribution in [0.5, 0.6) is 0 Å². The number of carboxylic acid groups (broad SMARTS) is 1. The molecule has 1 saturated heterocycles. The average molecular weight is 470 g/mol. The molecule has 2 aromatic heterocycles. The molecule has 0 spiro atoms. The lowest BCUT2D eigenvalue weighted by atomic mass is 10.1. The number of benzene rings is 1. The number of amides is 1. The highest BCUT2D eigenvalue weighted by Gasteiger charge is 2.28. The Balaban J connectivity index is 0.00000103. The first-order valence-electron chi connectivity index (χ1n) is 11.8. The van der Waals surface area contributed by atoms with Gasteiger partial charge in [0, 0.05) is 31.3 Å². The number of fused-ring (bicyclic) bond motifs is 1. The molecule has 0 radical (unpaired) electrons. The number of likely N-dealkylation sites (tertiary alicyclic amines) is 1. The number of imidazole rings is 1. The van der Waals surface area contributed by atoms with E-state index < -0.39 is 12.1 Å². The van der Waals surface area contributed by atoms with Crippen molar-refractivity contribution >= 4 is 23.6 Å². The summed E-state index contributed by atoms with van der Waals surface area (Å²) in [7, 11) is 0. The quantitative estimate of drug-likeness (QED) is 0.432. The number of hydrogen-bond acceptors (Lipinski definition) is 5. The second kappa shape index (κ2) is 10.7. The average Bonchev–Trinajstić information content (AvgIpc) is 3.43. The van der Waals surface area contributed by atoms with Gasteiger partial charge in [-0.05, 0) is 71.2 Å². The van der Waals surface area contributed by atoms with E-state index in [4.69, 9.17) is 14.6 Å². The zero-order valence-corrected chi connectivity index (χ0v) is 20.7. The van der Waals surface area contributed by atoms with E-state index in [-0.39, 0.29) is 6.09 Å². The second-order valence-electron chi connectivity index (χ2n) is 9.39. The molecule has 9 heteroatoms. The van der Waals surface area contributed by atoms with Gasteiger partial charge in [-0.3, -0.25) is 4.68 Å². The molecule has 1 aliphatic rings. The fraction of sp³-hybridized carbons (Fsp3) is 0.520. The smallest absolute Gasteiger partial charge is 0.410 e. The zero-order valence-electron chi connectivity index (χ0n) is 20.7. The van der Waals surface area contributed by atoms with E-state index in [2.05, 4.69) is 63.5 Å². The summed E-state index contributed by atoms with van der Waals surface area (Å²) in [4.78, 5) is 22.4. The molecule has 3 aromatic rings. The van der Waals surface area contributed by atoms with Gasteiger partial charge in [0.2, 0.25) is 6.33 Å². The maximum atomic E-state index is 12.3. The lowest BCUT2D eigenvalue weighted by Crippen LogP contribution is -2.42. The van der Waals surface area contributed by atoms with Crippen molar-refractivity contribution in [2.75, 3.05) is 13.1 Å². The molecule has 4 rings (SSSR count). The van der Waals surface area contributed by atoms with Crippen LogP contribution in [0.4, 0.5) is 4.79 Å². The number of aryl methyl sites for hydroxylation is 2. The maximum absolute atomic E-state index is 12.3. The van der Waals surface area contributed by atoms with Gasteiger partial charge in [0.25, 0.3) is 0 Å². The van der Waals surface area contributed by atoms with Gasteiger partial charge in [-0.25, -0.2) is 13.9 Å². The molecule has 3 heterocycles. The number of carbonyl (C=O) groups excluding carboxylic acids is 2. The van der Waals surface area contributed by atoms with Crippen molar-refractivity contribution in [1.29, 1.82) is 0 Å². The Bertz CT molecular complexity index is 1120. The molecule has 1 fully saturated rings. The summed E-state index contributed by atoms with van der Waals surface area (Å²) in [5, 5.41) is 12.9. The van der Waals surface area contributed by atoms with Gasteiger partial charge in [-0.2, -0.15) is 5.10 Å². The van der Waals surface area contributed by atoms with Gasteiger partial charge in [-0.1, -0.05) is 0 Å². The molecular formula is C25H35N5O4. The van der Waals surface area contributed by atoms with E-state index in [1.54, 1.807) is 0 Å². The third kappa shape index (κ3) is 5.76. The van der Waals surface area contributed by atoms with E-state index in [1.165, 1.54) is 16.6 Å². The highest BCUT2D eigenvalue weighted by atomic mass is 16.6. The van der Waals surface area contributed by atoms with Crippen LogP contribution in [-0.4, -0.2) is 50.5 Å². The Morgan fingerprint density at radius 2 is 1.91 bits per heavy atom. The minimum absolute atomic E-state index is 0.219.